The molecule has 2 N–H and O–H groups in total. The summed E-state index contributed by atoms with van der Waals surface area (Å²) in [7, 11) is 2.07. The van der Waals surface area contributed by atoms with Gasteiger partial charge in [-0.1, -0.05) is 13.8 Å². The molecule has 0 amide bonds. The number of allylic oxidation sites excluding steroid dienone is 2. The van der Waals surface area contributed by atoms with Gasteiger partial charge in [-0.05, 0) is 31.1 Å². The Morgan fingerprint density at radius 1 is 1.46 bits per heavy atom. The van der Waals surface area contributed by atoms with Crippen LogP contribution in [0.5, 0.6) is 0 Å². The molecule has 1 unspecified atom stereocenters. The Kier molecular flexibility index (Phi) is 2.20. The fourth-order valence-corrected chi connectivity index (χ4v) is 2.24. The molecule has 1 atom stereocenters. The van der Waals surface area contributed by atoms with Crippen molar-refractivity contribution in [3.05, 3.63) is 11.4 Å². The Morgan fingerprint density at radius 3 is 2.92 bits per heavy atom. The molecule has 0 fully saturated rings. The summed E-state index contributed by atoms with van der Waals surface area (Å²) in [5, 5.41) is 2.10. The first-order valence-electron chi connectivity index (χ1n) is 5.16. The minimum Gasteiger partial charge on any atom is -0.306 e. The van der Waals surface area contributed by atoms with Crippen molar-refractivity contribution in [2.24, 2.45) is 11.8 Å². The summed E-state index contributed by atoms with van der Waals surface area (Å²) in [6.45, 7) is 4.64. The van der Waals surface area contributed by atoms with E-state index in [1.54, 1.807) is 0 Å². The second-order valence-corrected chi connectivity index (χ2v) is 4.47. The van der Waals surface area contributed by atoms with Crippen molar-refractivity contribution < 1.29 is 0 Å². The van der Waals surface area contributed by atoms with Gasteiger partial charge in [-0.3, -0.25) is 5.01 Å². The molecule has 0 saturated heterocycles. The van der Waals surface area contributed by atoms with Crippen molar-refractivity contribution in [2.45, 2.75) is 33.1 Å². The smallest absolute Gasteiger partial charge is 0.0511 e. The number of rotatable bonds is 1. The minimum absolute atomic E-state index is 0.807. The summed E-state index contributed by atoms with van der Waals surface area (Å²) in [6, 6.07) is 0. The lowest BCUT2D eigenvalue weighted by molar-refractivity contribution is 0.288. The molecule has 0 aromatic carbocycles. The second-order valence-electron chi connectivity index (χ2n) is 4.47. The van der Waals surface area contributed by atoms with E-state index in [1.807, 2.05) is 0 Å². The molecule has 0 spiro atoms. The summed E-state index contributed by atoms with van der Waals surface area (Å²) >= 11 is 0. The number of nitrogens with zero attached hydrogens (tertiary/aromatic N) is 1. The zero-order chi connectivity index (χ0) is 9.42. The normalized spacial score (nSPS) is 28.0. The molecule has 1 aliphatic heterocycles. The van der Waals surface area contributed by atoms with E-state index in [9.17, 15) is 0 Å². The van der Waals surface area contributed by atoms with Crippen molar-refractivity contribution in [3.63, 3.8) is 0 Å². The van der Waals surface area contributed by atoms with Crippen molar-refractivity contribution in [1.29, 1.82) is 0 Å². The standard InChI is InChI=1S/C10H19N3/c1-7(2)8-4-5-10-9(6-8)11-12-13(10)3/h7-8,11-12H,4-6H2,1-3H3. The maximum atomic E-state index is 3.25. The average Bonchev–Trinajstić information content (AvgIpc) is 2.47. The highest BCUT2D eigenvalue weighted by atomic mass is 15.7. The van der Waals surface area contributed by atoms with Gasteiger partial charge in [-0.15, -0.1) is 5.53 Å². The third-order valence-electron chi connectivity index (χ3n) is 3.29. The fraction of sp³-hybridized carbons (Fsp3) is 0.800. The Hall–Kier alpha value is -0.700. The zero-order valence-electron chi connectivity index (χ0n) is 8.72. The maximum absolute atomic E-state index is 3.25. The van der Waals surface area contributed by atoms with Crippen LogP contribution in [-0.2, 0) is 0 Å². The molecule has 1 heterocycles. The second kappa shape index (κ2) is 3.22. The third kappa shape index (κ3) is 1.53. The van der Waals surface area contributed by atoms with Crippen LogP contribution >= 0.6 is 0 Å². The van der Waals surface area contributed by atoms with Crippen molar-refractivity contribution in [2.75, 3.05) is 7.05 Å². The first-order valence-corrected chi connectivity index (χ1v) is 5.16. The Labute approximate surface area is 80.1 Å². The van der Waals surface area contributed by atoms with Crippen molar-refractivity contribution >= 4 is 0 Å². The highest BCUT2D eigenvalue weighted by Gasteiger charge is 2.28. The molecule has 2 rings (SSSR count). The third-order valence-corrected chi connectivity index (χ3v) is 3.29. The van der Waals surface area contributed by atoms with E-state index in [4.69, 9.17) is 0 Å². The maximum Gasteiger partial charge on any atom is 0.0511 e. The number of hydrazine groups is 2. The summed E-state index contributed by atoms with van der Waals surface area (Å²) in [4.78, 5) is 0. The lowest BCUT2D eigenvalue weighted by atomic mass is 9.82. The predicted octanol–water partition coefficient (Wildman–Crippen LogP) is 1.61. The zero-order valence-corrected chi connectivity index (χ0v) is 8.72. The molecule has 0 radical (unpaired) electrons. The summed E-state index contributed by atoms with van der Waals surface area (Å²) in [5.41, 5.74) is 9.24. The Morgan fingerprint density at radius 2 is 2.23 bits per heavy atom. The van der Waals surface area contributed by atoms with Crippen LogP contribution in [0, 0.1) is 11.8 Å². The predicted molar refractivity (Wildman–Crippen MR) is 53.2 cm³/mol. The van der Waals surface area contributed by atoms with Gasteiger partial charge in [0.05, 0.1) is 5.70 Å². The molecule has 13 heavy (non-hydrogen) atoms. The number of hydrogen-bond donors (Lipinski definition) is 2. The molecule has 3 heteroatoms. The molecule has 3 nitrogen and oxygen atoms in total. The molecule has 2 aliphatic rings. The van der Waals surface area contributed by atoms with Crippen LogP contribution in [0.25, 0.3) is 0 Å². The van der Waals surface area contributed by atoms with E-state index in [2.05, 4.69) is 36.9 Å². The molecule has 1 aliphatic carbocycles. The molecule has 0 aromatic rings. The molecular formula is C10H19N3. The van der Waals surface area contributed by atoms with Crippen LogP contribution < -0.4 is 11.0 Å². The lowest BCUT2D eigenvalue weighted by Gasteiger charge is -2.26. The molecular weight excluding hydrogens is 162 g/mol. The van der Waals surface area contributed by atoms with Gasteiger partial charge in [0.15, 0.2) is 0 Å². The van der Waals surface area contributed by atoms with E-state index in [0.29, 0.717) is 0 Å². The summed E-state index contributed by atoms with van der Waals surface area (Å²) in [5.74, 6) is 1.67. The van der Waals surface area contributed by atoms with Gasteiger partial charge in [-0.25, -0.2) is 0 Å². The first kappa shape index (κ1) is 8.88. The van der Waals surface area contributed by atoms with Crippen molar-refractivity contribution in [1.82, 2.24) is 16.0 Å². The largest absolute Gasteiger partial charge is 0.306 e. The van der Waals surface area contributed by atoms with Crippen LogP contribution in [-0.4, -0.2) is 12.1 Å². The SMILES string of the molecule is CC(C)C1CCC2=C(C1)NNN2C. The van der Waals surface area contributed by atoms with Crippen LogP contribution in [0.2, 0.25) is 0 Å². The van der Waals surface area contributed by atoms with Gasteiger partial charge in [0.1, 0.15) is 0 Å². The topological polar surface area (TPSA) is 27.3 Å². The summed E-state index contributed by atoms with van der Waals surface area (Å²) < 4.78 is 0. The van der Waals surface area contributed by atoms with Crippen LogP contribution in [0.4, 0.5) is 0 Å². The number of nitrogens with one attached hydrogen (secondary N) is 2. The fourth-order valence-electron chi connectivity index (χ4n) is 2.24. The Balaban J connectivity index is 2.08. The van der Waals surface area contributed by atoms with Gasteiger partial charge in [-0.2, -0.15) is 0 Å². The highest BCUT2D eigenvalue weighted by molar-refractivity contribution is 5.17. The van der Waals surface area contributed by atoms with Gasteiger partial charge >= 0.3 is 0 Å². The van der Waals surface area contributed by atoms with Gasteiger partial charge in [0, 0.05) is 12.7 Å². The molecule has 74 valence electrons. The molecule has 0 bridgehead atoms. The van der Waals surface area contributed by atoms with E-state index < -0.39 is 0 Å². The van der Waals surface area contributed by atoms with E-state index in [1.165, 1.54) is 30.7 Å². The molecule has 0 aromatic heterocycles. The quantitative estimate of drug-likeness (QED) is 0.643. The van der Waals surface area contributed by atoms with E-state index in [-0.39, 0.29) is 0 Å². The van der Waals surface area contributed by atoms with E-state index >= 15 is 0 Å². The Bertz CT molecular complexity index is 232. The summed E-state index contributed by atoms with van der Waals surface area (Å²) in [6.07, 6.45) is 3.77. The highest BCUT2D eigenvalue weighted by Crippen LogP contribution is 2.34. The first-order chi connectivity index (χ1) is 6.18. The van der Waals surface area contributed by atoms with Crippen LogP contribution in [0.15, 0.2) is 11.4 Å². The minimum atomic E-state index is 0.807. The van der Waals surface area contributed by atoms with Gasteiger partial charge in [0.2, 0.25) is 0 Å². The lowest BCUT2D eigenvalue weighted by Crippen LogP contribution is -2.34. The van der Waals surface area contributed by atoms with Gasteiger partial charge < -0.3 is 5.43 Å². The van der Waals surface area contributed by atoms with Crippen molar-refractivity contribution in [3.8, 4) is 0 Å². The molecule has 0 saturated carbocycles. The monoisotopic (exact) mass is 181 g/mol. The van der Waals surface area contributed by atoms with Crippen LogP contribution in [0.1, 0.15) is 33.1 Å². The van der Waals surface area contributed by atoms with Crippen LogP contribution in [0.3, 0.4) is 0 Å². The number of hydrogen-bond acceptors (Lipinski definition) is 3. The van der Waals surface area contributed by atoms with E-state index in [0.717, 1.165) is 11.8 Å². The van der Waals surface area contributed by atoms with Gasteiger partial charge in [0.25, 0.3) is 0 Å². The average molecular weight is 181 g/mol.